The number of Topliss-reactive ketones (excluding diaryl/α,β-unsaturated/α-hetero) is 1. The molecule has 1 N–H and O–H groups in total. The number of nitro benzene ring substituents is 1. The topological polar surface area (TPSA) is 136 Å². The Balaban J connectivity index is 1.88. The predicted molar refractivity (Wildman–Crippen MR) is 121 cm³/mol. The van der Waals surface area contributed by atoms with Crippen molar-refractivity contribution in [3.8, 4) is 5.75 Å². The van der Waals surface area contributed by atoms with Gasteiger partial charge in [-0.3, -0.25) is 24.6 Å². The highest BCUT2D eigenvalue weighted by molar-refractivity contribution is 6.51. The van der Waals surface area contributed by atoms with Crippen molar-refractivity contribution in [2.75, 3.05) is 4.90 Å². The van der Waals surface area contributed by atoms with Gasteiger partial charge in [0.2, 0.25) is 0 Å². The van der Waals surface area contributed by atoms with Gasteiger partial charge < -0.3 is 14.4 Å². The van der Waals surface area contributed by atoms with Gasteiger partial charge >= 0.3 is 5.91 Å². The first kappa shape index (κ1) is 22.7. The van der Waals surface area contributed by atoms with Crippen molar-refractivity contribution in [1.82, 2.24) is 5.16 Å². The van der Waals surface area contributed by atoms with Crippen LogP contribution in [-0.4, -0.2) is 33.0 Å². The summed E-state index contributed by atoms with van der Waals surface area (Å²) < 4.78 is 10.7. The molecule has 2 aromatic carbocycles. The highest BCUT2D eigenvalue weighted by Gasteiger charge is 2.48. The average molecular weight is 463 g/mol. The molecule has 1 unspecified atom stereocenters. The van der Waals surface area contributed by atoms with Gasteiger partial charge in [0.25, 0.3) is 11.5 Å². The van der Waals surface area contributed by atoms with E-state index in [0.29, 0.717) is 11.5 Å². The van der Waals surface area contributed by atoms with Gasteiger partial charge in [0.05, 0.1) is 22.6 Å². The van der Waals surface area contributed by atoms with Crippen LogP contribution in [0.2, 0.25) is 0 Å². The minimum absolute atomic E-state index is 0.0513. The molecule has 4 rings (SSSR count). The molecule has 1 fully saturated rings. The van der Waals surface area contributed by atoms with Gasteiger partial charge in [-0.05, 0) is 50.6 Å². The van der Waals surface area contributed by atoms with Crippen molar-refractivity contribution in [3.05, 3.63) is 87.2 Å². The first-order valence-electron chi connectivity index (χ1n) is 10.4. The van der Waals surface area contributed by atoms with E-state index in [1.807, 2.05) is 13.8 Å². The highest BCUT2D eigenvalue weighted by atomic mass is 16.6. The fourth-order valence-corrected chi connectivity index (χ4v) is 3.78. The van der Waals surface area contributed by atoms with Crippen LogP contribution in [0.15, 0.2) is 64.7 Å². The van der Waals surface area contributed by atoms with Crippen molar-refractivity contribution in [3.63, 3.8) is 0 Å². The van der Waals surface area contributed by atoms with Crippen molar-refractivity contribution in [2.45, 2.75) is 32.9 Å². The Morgan fingerprint density at radius 1 is 1.18 bits per heavy atom. The van der Waals surface area contributed by atoms with E-state index < -0.39 is 28.4 Å². The molecule has 0 bridgehead atoms. The summed E-state index contributed by atoms with van der Waals surface area (Å²) >= 11 is 0. The largest absolute Gasteiger partial charge is 0.507 e. The zero-order chi connectivity index (χ0) is 24.6. The summed E-state index contributed by atoms with van der Waals surface area (Å²) in [6.45, 7) is 5.37. The molecule has 34 heavy (non-hydrogen) atoms. The molecule has 1 aliphatic rings. The van der Waals surface area contributed by atoms with Gasteiger partial charge in [-0.25, -0.2) is 0 Å². The number of non-ortho nitro benzene ring substituents is 1. The maximum atomic E-state index is 13.1. The number of anilines is 1. The molecule has 1 saturated heterocycles. The van der Waals surface area contributed by atoms with E-state index in [1.54, 1.807) is 31.2 Å². The average Bonchev–Trinajstić information content (AvgIpc) is 3.34. The minimum atomic E-state index is -1.16. The summed E-state index contributed by atoms with van der Waals surface area (Å²) in [4.78, 5) is 38.0. The summed E-state index contributed by atoms with van der Waals surface area (Å²) in [5.74, 6) is -1.29. The molecule has 0 aliphatic carbocycles. The SMILES string of the molecule is Cc1cc(N2C(=O)C(=O)C(=C(O)c3ccc(OC(C)C)cc3)C2c2cccc([N+](=O)[O-])c2)no1. The monoisotopic (exact) mass is 463 g/mol. The predicted octanol–water partition coefficient (Wildman–Crippen LogP) is 4.30. The van der Waals surface area contributed by atoms with Gasteiger partial charge in [0.15, 0.2) is 5.82 Å². The van der Waals surface area contributed by atoms with Crippen molar-refractivity contribution >= 4 is 29.0 Å². The number of amides is 1. The third-order valence-electron chi connectivity index (χ3n) is 5.20. The fourth-order valence-electron chi connectivity index (χ4n) is 3.78. The smallest absolute Gasteiger partial charge is 0.301 e. The van der Waals surface area contributed by atoms with Gasteiger partial charge in [-0.15, -0.1) is 0 Å². The van der Waals surface area contributed by atoms with E-state index in [9.17, 15) is 24.8 Å². The molecule has 1 aromatic heterocycles. The molecule has 1 atom stereocenters. The van der Waals surface area contributed by atoms with E-state index in [2.05, 4.69) is 5.16 Å². The molecule has 0 saturated carbocycles. The van der Waals surface area contributed by atoms with Gasteiger partial charge in [-0.1, -0.05) is 17.3 Å². The Kier molecular flexibility index (Phi) is 5.89. The Hall–Kier alpha value is -4.47. The van der Waals surface area contributed by atoms with Crippen molar-refractivity contribution < 1.29 is 28.9 Å². The first-order chi connectivity index (χ1) is 16.2. The second-order valence-corrected chi connectivity index (χ2v) is 8.01. The lowest BCUT2D eigenvalue weighted by Crippen LogP contribution is -2.29. The molecule has 10 heteroatoms. The van der Waals surface area contributed by atoms with Crippen molar-refractivity contribution in [2.24, 2.45) is 0 Å². The molecular formula is C24H21N3O7. The van der Waals surface area contributed by atoms with Crippen LogP contribution in [0, 0.1) is 17.0 Å². The number of aryl methyl sites for hydroxylation is 1. The number of hydrogen-bond acceptors (Lipinski definition) is 8. The quantitative estimate of drug-likeness (QED) is 0.188. The van der Waals surface area contributed by atoms with Crippen LogP contribution in [0.5, 0.6) is 5.75 Å². The molecule has 0 spiro atoms. The Bertz CT molecular complexity index is 1310. The fraction of sp³-hybridized carbons (Fsp3) is 0.208. The number of hydrogen-bond donors (Lipinski definition) is 1. The third-order valence-corrected chi connectivity index (χ3v) is 5.20. The van der Waals surface area contributed by atoms with E-state index in [4.69, 9.17) is 9.26 Å². The molecule has 1 amide bonds. The van der Waals surface area contributed by atoms with E-state index in [-0.39, 0.29) is 34.3 Å². The third kappa shape index (κ3) is 4.13. The number of aromatic nitrogens is 1. The summed E-state index contributed by atoms with van der Waals surface area (Å²) in [6.07, 6.45) is -0.0513. The van der Waals surface area contributed by atoms with E-state index in [1.165, 1.54) is 30.3 Å². The number of aliphatic hydroxyl groups is 1. The normalized spacial score (nSPS) is 17.4. The number of ketones is 1. The zero-order valence-electron chi connectivity index (χ0n) is 18.6. The summed E-state index contributed by atoms with van der Waals surface area (Å²) in [7, 11) is 0. The van der Waals surface area contributed by atoms with Crippen LogP contribution >= 0.6 is 0 Å². The molecule has 1 aliphatic heterocycles. The van der Waals surface area contributed by atoms with Crippen LogP contribution in [0.4, 0.5) is 11.5 Å². The van der Waals surface area contributed by atoms with Crippen LogP contribution in [0.1, 0.15) is 36.8 Å². The summed E-state index contributed by atoms with van der Waals surface area (Å²) in [5, 5.41) is 26.3. The first-order valence-corrected chi connectivity index (χ1v) is 10.4. The Morgan fingerprint density at radius 3 is 2.47 bits per heavy atom. The van der Waals surface area contributed by atoms with Gasteiger partial charge in [0, 0.05) is 23.8 Å². The molecular weight excluding hydrogens is 442 g/mol. The molecule has 10 nitrogen and oxygen atoms in total. The van der Waals surface area contributed by atoms with Crippen LogP contribution in [0.25, 0.3) is 5.76 Å². The number of nitro groups is 1. The Morgan fingerprint density at radius 2 is 1.88 bits per heavy atom. The second-order valence-electron chi connectivity index (χ2n) is 8.01. The lowest BCUT2D eigenvalue weighted by molar-refractivity contribution is -0.384. The lowest BCUT2D eigenvalue weighted by Gasteiger charge is -2.22. The number of aliphatic hydroxyl groups excluding tert-OH is 1. The van der Waals surface area contributed by atoms with Crippen molar-refractivity contribution in [1.29, 1.82) is 0 Å². The lowest BCUT2D eigenvalue weighted by atomic mass is 9.95. The Labute approximate surface area is 194 Å². The molecule has 2 heterocycles. The summed E-state index contributed by atoms with van der Waals surface area (Å²) in [5.41, 5.74) is 0.0921. The van der Waals surface area contributed by atoms with E-state index >= 15 is 0 Å². The van der Waals surface area contributed by atoms with Crippen LogP contribution in [0.3, 0.4) is 0 Å². The number of rotatable bonds is 6. The standard InChI is InChI=1S/C24H21N3O7/c1-13(2)33-18-9-7-15(8-10-18)22(28)20-21(16-5-4-6-17(12-16)27(31)32)26(24(30)23(20)29)19-11-14(3)34-25-19/h4-13,21,28H,1-3H3. The molecule has 174 valence electrons. The van der Waals surface area contributed by atoms with Gasteiger partial charge in [-0.2, -0.15) is 0 Å². The molecule has 0 radical (unpaired) electrons. The number of carbonyl (C=O) groups is 2. The molecule has 3 aromatic rings. The second kappa shape index (κ2) is 8.81. The van der Waals surface area contributed by atoms with Crippen LogP contribution in [-0.2, 0) is 9.59 Å². The minimum Gasteiger partial charge on any atom is -0.507 e. The maximum absolute atomic E-state index is 13.1. The zero-order valence-corrected chi connectivity index (χ0v) is 18.6. The van der Waals surface area contributed by atoms with Gasteiger partial charge in [0.1, 0.15) is 17.3 Å². The number of benzene rings is 2. The van der Waals surface area contributed by atoms with E-state index in [0.717, 1.165) is 4.90 Å². The highest BCUT2D eigenvalue weighted by Crippen LogP contribution is 2.42. The van der Waals surface area contributed by atoms with Crippen LogP contribution < -0.4 is 9.64 Å². The summed E-state index contributed by atoms with van der Waals surface area (Å²) in [6, 6.07) is 12.2. The number of ether oxygens (including phenoxy) is 1. The number of nitrogens with zero attached hydrogens (tertiary/aromatic N) is 3. The maximum Gasteiger partial charge on any atom is 0.301 e. The number of carbonyl (C=O) groups excluding carboxylic acids is 2.